The maximum absolute atomic E-state index is 13.0. The summed E-state index contributed by atoms with van der Waals surface area (Å²) in [5, 5.41) is 7.71. The predicted octanol–water partition coefficient (Wildman–Crippen LogP) is 3.68. The van der Waals surface area contributed by atoms with E-state index in [1.807, 2.05) is 35.0 Å². The van der Waals surface area contributed by atoms with Gasteiger partial charge in [0.2, 0.25) is 5.91 Å². The molecule has 4 rings (SSSR count). The Morgan fingerprint density at radius 3 is 2.60 bits per heavy atom. The third-order valence-electron chi connectivity index (χ3n) is 4.44. The van der Waals surface area contributed by atoms with Crippen LogP contribution in [-0.4, -0.2) is 15.7 Å². The molecule has 1 aliphatic rings. The van der Waals surface area contributed by atoms with Gasteiger partial charge in [0.05, 0.1) is 17.8 Å². The summed E-state index contributed by atoms with van der Waals surface area (Å²) in [5.41, 5.74) is 3.88. The van der Waals surface area contributed by atoms with Crippen molar-refractivity contribution in [3.63, 3.8) is 0 Å². The van der Waals surface area contributed by atoms with Gasteiger partial charge in [-0.25, -0.2) is 9.07 Å². The number of nitrogens with one attached hydrogen (secondary N) is 1. The maximum atomic E-state index is 13.0. The topological polar surface area (TPSA) is 46.9 Å². The van der Waals surface area contributed by atoms with Crippen molar-refractivity contribution in [2.24, 2.45) is 0 Å². The number of aryl methyl sites for hydroxylation is 1. The zero-order chi connectivity index (χ0) is 17.2. The maximum Gasteiger partial charge on any atom is 0.229 e. The molecule has 0 saturated carbocycles. The molecule has 0 fully saturated rings. The van der Waals surface area contributed by atoms with E-state index in [0.717, 1.165) is 47.6 Å². The van der Waals surface area contributed by atoms with Crippen molar-refractivity contribution in [3.8, 4) is 5.69 Å². The average Bonchev–Trinajstić information content (AvgIpc) is 3.20. The van der Waals surface area contributed by atoms with Crippen LogP contribution in [0.1, 0.15) is 23.2 Å². The molecule has 0 atom stereocenters. The van der Waals surface area contributed by atoms with E-state index in [1.165, 1.54) is 12.1 Å². The summed E-state index contributed by atoms with van der Waals surface area (Å²) in [7, 11) is 0. The largest absolute Gasteiger partial charge is 0.310 e. The van der Waals surface area contributed by atoms with Gasteiger partial charge in [-0.05, 0) is 49.1 Å². The van der Waals surface area contributed by atoms with Gasteiger partial charge in [-0.1, -0.05) is 30.3 Å². The monoisotopic (exact) mass is 335 g/mol. The number of hydrogen-bond donors (Lipinski definition) is 1. The van der Waals surface area contributed by atoms with Gasteiger partial charge in [0.15, 0.2) is 0 Å². The number of anilines is 1. The SMILES string of the molecule is O=C(Cc1ccc(F)cc1)Nc1c2c(nn1-c1ccccc1)CCC2. The summed E-state index contributed by atoms with van der Waals surface area (Å²) in [5.74, 6) is 0.327. The molecular formula is C20H18FN3O. The number of para-hydroxylation sites is 1. The molecule has 126 valence electrons. The third-order valence-corrected chi connectivity index (χ3v) is 4.44. The Kier molecular flexibility index (Phi) is 4.06. The fraction of sp³-hybridized carbons (Fsp3) is 0.200. The number of rotatable bonds is 4. The summed E-state index contributed by atoms with van der Waals surface area (Å²) in [6.07, 6.45) is 3.13. The number of hydrogen-bond acceptors (Lipinski definition) is 2. The summed E-state index contributed by atoms with van der Waals surface area (Å²) in [4.78, 5) is 12.5. The van der Waals surface area contributed by atoms with E-state index in [2.05, 4.69) is 10.4 Å². The second-order valence-corrected chi connectivity index (χ2v) is 6.23. The number of fused-ring (bicyclic) bond motifs is 1. The van der Waals surface area contributed by atoms with E-state index in [0.29, 0.717) is 0 Å². The Morgan fingerprint density at radius 2 is 1.84 bits per heavy atom. The van der Waals surface area contributed by atoms with Gasteiger partial charge in [-0.15, -0.1) is 0 Å². The molecule has 1 aromatic heterocycles. The first kappa shape index (κ1) is 15.6. The second kappa shape index (κ2) is 6.51. The summed E-state index contributed by atoms with van der Waals surface area (Å²) in [6, 6.07) is 15.8. The minimum Gasteiger partial charge on any atom is -0.310 e. The molecule has 0 saturated heterocycles. The molecule has 1 amide bonds. The van der Waals surface area contributed by atoms with Crippen LogP contribution in [0.3, 0.4) is 0 Å². The standard InChI is InChI=1S/C20H18FN3O/c21-15-11-9-14(10-12-15)13-19(25)22-20-17-7-4-8-18(17)23-24(20)16-5-2-1-3-6-16/h1-3,5-6,9-12H,4,7-8,13H2,(H,22,25). The minimum atomic E-state index is -0.302. The van der Waals surface area contributed by atoms with Crippen LogP contribution in [0.2, 0.25) is 0 Å². The average molecular weight is 335 g/mol. The van der Waals surface area contributed by atoms with Crippen molar-refractivity contribution in [1.82, 2.24) is 9.78 Å². The van der Waals surface area contributed by atoms with Crippen molar-refractivity contribution in [2.75, 3.05) is 5.32 Å². The highest BCUT2D eigenvalue weighted by molar-refractivity contribution is 5.92. The first-order valence-corrected chi connectivity index (χ1v) is 8.41. The van der Waals surface area contributed by atoms with Crippen LogP contribution in [0.25, 0.3) is 5.69 Å². The third kappa shape index (κ3) is 3.18. The lowest BCUT2D eigenvalue weighted by Crippen LogP contribution is -2.18. The number of halogens is 1. The Labute approximate surface area is 145 Å². The summed E-state index contributed by atoms with van der Waals surface area (Å²) >= 11 is 0. The van der Waals surface area contributed by atoms with Crippen molar-refractivity contribution >= 4 is 11.7 Å². The van der Waals surface area contributed by atoms with Crippen molar-refractivity contribution < 1.29 is 9.18 Å². The molecule has 0 aliphatic heterocycles. The van der Waals surface area contributed by atoms with Gasteiger partial charge < -0.3 is 5.32 Å². The number of nitrogens with zero attached hydrogens (tertiary/aromatic N) is 2. The number of benzene rings is 2. The van der Waals surface area contributed by atoms with Gasteiger partial charge in [0, 0.05) is 5.56 Å². The smallest absolute Gasteiger partial charge is 0.229 e. The van der Waals surface area contributed by atoms with E-state index in [-0.39, 0.29) is 18.1 Å². The van der Waals surface area contributed by atoms with Crippen molar-refractivity contribution in [1.29, 1.82) is 0 Å². The van der Waals surface area contributed by atoms with Crippen molar-refractivity contribution in [3.05, 3.63) is 77.2 Å². The fourth-order valence-electron chi connectivity index (χ4n) is 3.24. The minimum absolute atomic E-state index is 0.126. The Morgan fingerprint density at radius 1 is 1.08 bits per heavy atom. The van der Waals surface area contributed by atoms with Gasteiger partial charge in [0.25, 0.3) is 0 Å². The highest BCUT2D eigenvalue weighted by atomic mass is 19.1. The van der Waals surface area contributed by atoms with Gasteiger partial charge in [0.1, 0.15) is 11.6 Å². The zero-order valence-corrected chi connectivity index (χ0v) is 13.7. The predicted molar refractivity (Wildman–Crippen MR) is 94.3 cm³/mol. The molecule has 0 spiro atoms. The lowest BCUT2D eigenvalue weighted by molar-refractivity contribution is -0.115. The quantitative estimate of drug-likeness (QED) is 0.790. The molecular weight excluding hydrogens is 317 g/mol. The van der Waals surface area contributed by atoms with E-state index in [4.69, 9.17) is 0 Å². The Balaban J connectivity index is 1.61. The molecule has 3 aromatic rings. The fourth-order valence-corrected chi connectivity index (χ4v) is 3.24. The highest BCUT2D eigenvalue weighted by Gasteiger charge is 2.24. The first-order valence-electron chi connectivity index (χ1n) is 8.41. The lowest BCUT2D eigenvalue weighted by Gasteiger charge is -2.11. The number of carbonyl (C=O) groups excluding carboxylic acids is 1. The Bertz CT molecular complexity index is 901. The normalized spacial score (nSPS) is 12.8. The van der Waals surface area contributed by atoms with Crippen LogP contribution in [-0.2, 0) is 24.1 Å². The molecule has 1 N–H and O–H groups in total. The summed E-state index contributed by atoms with van der Waals surface area (Å²) < 4.78 is 14.8. The van der Waals surface area contributed by atoms with E-state index in [1.54, 1.807) is 12.1 Å². The molecule has 0 unspecified atom stereocenters. The molecule has 25 heavy (non-hydrogen) atoms. The lowest BCUT2D eigenvalue weighted by atomic mass is 10.1. The van der Waals surface area contributed by atoms with Crippen LogP contribution in [0.15, 0.2) is 54.6 Å². The number of carbonyl (C=O) groups is 1. The van der Waals surface area contributed by atoms with Crippen LogP contribution in [0.4, 0.5) is 10.2 Å². The van der Waals surface area contributed by atoms with E-state index >= 15 is 0 Å². The molecule has 2 aromatic carbocycles. The number of aromatic nitrogens is 2. The first-order chi connectivity index (χ1) is 12.2. The van der Waals surface area contributed by atoms with Gasteiger partial charge >= 0.3 is 0 Å². The van der Waals surface area contributed by atoms with Crippen LogP contribution in [0.5, 0.6) is 0 Å². The molecule has 1 heterocycles. The van der Waals surface area contributed by atoms with Crippen LogP contribution < -0.4 is 5.32 Å². The molecule has 0 bridgehead atoms. The molecule has 1 aliphatic carbocycles. The summed E-state index contributed by atoms with van der Waals surface area (Å²) in [6.45, 7) is 0. The molecule has 4 nitrogen and oxygen atoms in total. The van der Waals surface area contributed by atoms with Crippen molar-refractivity contribution in [2.45, 2.75) is 25.7 Å². The van der Waals surface area contributed by atoms with E-state index < -0.39 is 0 Å². The van der Waals surface area contributed by atoms with Gasteiger partial charge in [-0.3, -0.25) is 4.79 Å². The second-order valence-electron chi connectivity index (χ2n) is 6.23. The molecule has 0 radical (unpaired) electrons. The number of amides is 1. The Hall–Kier alpha value is -2.95. The van der Waals surface area contributed by atoms with E-state index in [9.17, 15) is 9.18 Å². The zero-order valence-electron chi connectivity index (χ0n) is 13.7. The van der Waals surface area contributed by atoms with Crippen LogP contribution >= 0.6 is 0 Å². The van der Waals surface area contributed by atoms with Gasteiger partial charge in [-0.2, -0.15) is 5.10 Å². The highest BCUT2D eigenvalue weighted by Crippen LogP contribution is 2.31. The molecule has 5 heteroatoms. The van der Waals surface area contributed by atoms with Crippen LogP contribution in [0, 0.1) is 5.82 Å².